The minimum absolute atomic E-state index is 0.197. The van der Waals surface area contributed by atoms with Gasteiger partial charge in [-0.2, -0.15) is 0 Å². The normalized spacial score (nSPS) is 22.4. The van der Waals surface area contributed by atoms with Crippen LogP contribution in [-0.4, -0.2) is 17.2 Å². The molecule has 114 valence electrons. The van der Waals surface area contributed by atoms with Crippen LogP contribution < -0.4 is 4.74 Å². The van der Waals surface area contributed by atoms with E-state index >= 15 is 0 Å². The van der Waals surface area contributed by atoms with Crippen molar-refractivity contribution in [1.82, 2.24) is 0 Å². The maximum absolute atomic E-state index is 10.7. The van der Waals surface area contributed by atoms with Crippen LogP contribution in [0.3, 0.4) is 0 Å². The van der Waals surface area contributed by atoms with Crippen molar-refractivity contribution in [2.24, 2.45) is 5.92 Å². The van der Waals surface area contributed by atoms with Crippen LogP contribution in [0.5, 0.6) is 5.75 Å². The molecule has 1 saturated carbocycles. The van der Waals surface area contributed by atoms with Crippen LogP contribution in [-0.2, 0) is 4.79 Å². The van der Waals surface area contributed by atoms with Crippen molar-refractivity contribution < 1.29 is 14.6 Å². The zero-order valence-corrected chi connectivity index (χ0v) is 13.0. The molecule has 1 aliphatic rings. The number of carboxylic acids is 1. The molecule has 0 atom stereocenters. The molecule has 0 bridgehead atoms. The minimum Gasteiger partial charge on any atom is -0.490 e. The van der Waals surface area contributed by atoms with E-state index in [2.05, 4.69) is 6.92 Å². The quantitative estimate of drug-likeness (QED) is 0.796. The summed E-state index contributed by atoms with van der Waals surface area (Å²) in [6, 6.07) is 5.41. The van der Waals surface area contributed by atoms with E-state index in [0.717, 1.165) is 24.8 Å². The highest BCUT2D eigenvalue weighted by Gasteiger charge is 2.22. The molecule has 0 saturated heterocycles. The first-order chi connectivity index (χ1) is 10.1. The number of rotatable bonds is 5. The van der Waals surface area contributed by atoms with Gasteiger partial charge in [-0.3, -0.25) is 0 Å². The predicted molar refractivity (Wildman–Crippen MR) is 84.8 cm³/mol. The molecular formula is C17H21ClO3. The Labute approximate surface area is 130 Å². The maximum atomic E-state index is 10.7. The lowest BCUT2D eigenvalue weighted by atomic mass is 9.86. The molecule has 1 aromatic carbocycles. The van der Waals surface area contributed by atoms with Gasteiger partial charge in [0.2, 0.25) is 0 Å². The molecule has 0 heterocycles. The van der Waals surface area contributed by atoms with Crippen molar-refractivity contribution >= 4 is 23.6 Å². The van der Waals surface area contributed by atoms with E-state index in [0.29, 0.717) is 16.3 Å². The fourth-order valence-corrected chi connectivity index (χ4v) is 3.00. The van der Waals surface area contributed by atoms with Crippen LogP contribution >= 0.6 is 11.6 Å². The lowest BCUT2D eigenvalue weighted by Gasteiger charge is -2.28. The summed E-state index contributed by atoms with van der Waals surface area (Å²) in [5.74, 6) is 0.486. The average Bonchev–Trinajstić information content (AvgIpc) is 2.47. The number of benzene rings is 1. The number of hydrogen-bond acceptors (Lipinski definition) is 2. The molecule has 0 spiro atoms. The highest BCUT2D eigenvalue weighted by Crippen LogP contribution is 2.33. The number of carbonyl (C=O) groups is 1. The molecule has 4 heteroatoms. The van der Waals surface area contributed by atoms with E-state index in [1.807, 2.05) is 12.1 Å². The van der Waals surface area contributed by atoms with Crippen LogP contribution in [0.25, 0.3) is 6.08 Å². The molecule has 0 unspecified atom stereocenters. The Bertz CT molecular complexity index is 517. The monoisotopic (exact) mass is 308 g/mol. The Balaban J connectivity index is 2.09. The van der Waals surface area contributed by atoms with Gasteiger partial charge in [0.25, 0.3) is 0 Å². The van der Waals surface area contributed by atoms with E-state index in [4.69, 9.17) is 21.4 Å². The molecule has 0 radical (unpaired) electrons. The van der Waals surface area contributed by atoms with Gasteiger partial charge in [-0.1, -0.05) is 31.0 Å². The summed E-state index contributed by atoms with van der Waals surface area (Å²) >= 11 is 6.15. The molecule has 2 rings (SSSR count). The van der Waals surface area contributed by atoms with Crippen LogP contribution in [0.15, 0.2) is 24.3 Å². The van der Waals surface area contributed by atoms with Crippen molar-refractivity contribution in [3.8, 4) is 5.75 Å². The topological polar surface area (TPSA) is 46.5 Å². The predicted octanol–water partition coefficient (Wildman–Crippen LogP) is 4.79. The van der Waals surface area contributed by atoms with Gasteiger partial charge in [-0.05, 0) is 49.8 Å². The van der Waals surface area contributed by atoms with Gasteiger partial charge in [0.15, 0.2) is 0 Å². The number of carboxylic acid groups (broad SMARTS) is 1. The molecule has 1 aromatic rings. The van der Waals surface area contributed by atoms with Crippen molar-refractivity contribution in [3.05, 3.63) is 34.9 Å². The second-order valence-electron chi connectivity index (χ2n) is 5.49. The molecule has 1 aliphatic carbocycles. The molecule has 0 aliphatic heterocycles. The lowest BCUT2D eigenvalue weighted by molar-refractivity contribution is -0.131. The fraction of sp³-hybridized carbons (Fsp3) is 0.471. The molecule has 0 amide bonds. The van der Waals surface area contributed by atoms with E-state index in [9.17, 15) is 4.79 Å². The number of hydrogen-bond donors (Lipinski definition) is 1. The second kappa shape index (κ2) is 7.51. The smallest absolute Gasteiger partial charge is 0.328 e. The Morgan fingerprint density at radius 3 is 2.71 bits per heavy atom. The third-order valence-corrected chi connectivity index (χ3v) is 4.40. The van der Waals surface area contributed by atoms with Crippen LogP contribution in [0, 0.1) is 5.92 Å². The third kappa shape index (κ3) is 4.50. The summed E-state index contributed by atoms with van der Waals surface area (Å²) in [6.45, 7) is 2.23. The van der Waals surface area contributed by atoms with Crippen LogP contribution in [0.1, 0.15) is 44.6 Å². The van der Waals surface area contributed by atoms with E-state index in [-0.39, 0.29) is 6.10 Å². The fourth-order valence-electron chi connectivity index (χ4n) is 2.77. The van der Waals surface area contributed by atoms with Gasteiger partial charge in [-0.25, -0.2) is 4.79 Å². The van der Waals surface area contributed by atoms with E-state index < -0.39 is 5.97 Å². The Hall–Kier alpha value is -1.48. The van der Waals surface area contributed by atoms with E-state index in [1.165, 1.54) is 25.3 Å². The summed E-state index contributed by atoms with van der Waals surface area (Å²) in [7, 11) is 0. The Kier molecular flexibility index (Phi) is 5.68. The van der Waals surface area contributed by atoms with Gasteiger partial charge in [-0.15, -0.1) is 0 Å². The van der Waals surface area contributed by atoms with Gasteiger partial charge >= 0.3 is 5.97 Å². The van der Waals surface area contributed by atoms with Gasteiger partial charge in [0.1, 0.15) is 5.75 Å². The Morgan fingerprint density at radius 1 is 1.38 bits per heavy atom. The zero-order chi connectivity index (χ0) is 15.2. The summed E-state index contributed by atoms with van der Waals surface area (Å²) in [6.07, 6.45) is 8.50. The van der Waals surface area contributed by atoms with Crippen molar-refractivity contribution in [1.29, 1.82) is 0 Å². The molecule has 1 N–H and O–H groups in total. The van der Waals surface area contributed by atoms with Gasteiger partial charge < -0.3 is 9.84 Å². The molecular weight excluding hydrogens is 288 g/mol. The first-order valence-electron chi connectivity index (χ1n) is 7.46. The standard InChI is InChI=1S/C17H21ClO3/c1-2-12-6-8-13(9-7-12)21-16-5-3-4-15(18)14(16)10-11-17(19)20/h3-5,10-13H,2,6-9H2,1H3,(H,19,20)/b11-10+. The highest BCUT2D eigenvalue weighted by atomic mass is 35.5. The number of ether oxygens (including phenoxy) is 1. The van der Waals surface area contributed by atoms with Crippen LogP contribution in [0.4, 0.5) is 0 Å². The summed E-state index contributed by atoms with van der Waals surface area (Å²) in [5, 5.41) is 9.27. The first kappa shape index (κ1) is 15.9. The summed E-state index contributed by atoms with van der Waals surface area (Å²) in [4.78, 5) is 10.7. The number of aliphatic carboxylic acids is 1. The third-order valence-electron chi connectivity index (χ3n) is 4.07. The summed E-state index contributed by atoms with van der Waals surface area (Å²) < 4.78 is 6.06. The Morgan fingerprint density at radius 2 is 2.10 bits per heavy atom. The molecule has 3 nitrogen and oxygen atoms in total. The molecule has 1 fully saturated rings. The lowest BCUT2D eigenvalue weighted by Crippen LogP contribution is -2.24. The highest BCUT2D eigenvalue weighted by molar-refractivity contribution is 6.32. The SMILES string of the molecule is CCC1CCC(Oc2cccc(Cl)c2/C=C/C(=O)O)CC1. The average molecular weight is 309 g/mol. The van der Waals surface area contributed by atoms with Crippen molar-refractivity contribution in [3.63, 3.8) is 0 Å². The summed E-state index contributed by atoms with van der Waals surface area (Å²) in [5.41, 5.74) is 0.638. The van der Waals surface area contributed by atoms with Gasteiger partial charge in [0.05, 0.1) is 11.1 Å². The zero-order valence-electron chi connectivity index (χ0n) is 12.2. The van der Waals surface area contributed by atoms with Gasteiger partial charge in [0, 0.05) is 11.6 Å². The molecule has 0 aromatic heterocycles. The van der Waals surface area contributed by atoms with E-state index in [1.54, 1.807) is 6.07 Å². The van der Waals surface area contributed by atoms with Crippen molar-refractivity contribution in [2.75, 3.05) is 0 Å². The maximum Gasteiger partial charge on any atom is 0.328 e. The van der Waals surface area contributed by atoms with Crippen molar-refractivity contribution in [2.45, 2.75) is 45.1 Å². The first-order valence-corrected chi connectivity index (χ1v) is 7.84. The molecule has 21 heavy (non-hydrogen) atoms. The number of halogens is 1. The minimum atomic E-state index is -0.996. The largest absolute Gasteiger partial charge is 0.490 e. The second-order valence-corrected chi connectivity index (χ2v) is 5.90. The van der Waals surface area contributed by atoms with Crippen LogP contribution in [0.2, 0.25) is 5.02 Å².